The average molecular weight is 145 g/mol. The second-order valence-electron chi connectivity index (χ2n) is 3.05. The van der Waals surface area contributed by atoms with Gasteiger partial charge in [0.2, 0.25) is 0 Å². The molecule has 0 aromatic rings. The Hall–Kier alpha value is -0.0800. The zero-order chi connectivity index (χ0) is 8.15. The van der Waals surface area contributed by atoms with Gasteiger partial charge in [0.05, 0.1) is 6.10 Å². The van der Waals surface area contributed by atoms with E-state index in [1.165, 1.54) is 0 Å². The van der Waals surface area contributed by atoms with Gasteiger partial charge in [0.25, 0.3) is 0 Å². The van der Waals surface area contributed by atoms with Crippen LogP contribution in [0.4, 0.5) is 0 Å². The molecule has 0 radical (unpaired) electrons. The van der Waals surface area contributed by atoms with Crippen molar-refractivity contribution in [3.05, 3.63) is 0 Å². The van der Waals surface area contributed by atoms with E-state index in [2.05, 4.69) is 33.0 Å². The summed E-state index contributed by atoms with van der Waals surface area (Å²) in [5.74, 6) is 0. The van der Waals surface area contributed by atoms with Crippen molar-refractivity contribution < 1.29 is 4.74 Å². The van der Waals surface area contributed by atoms with E-state index < -0.39 is 0 Å². The topological polar surface area (TPSA) is 21.3 Å². The van der Waals surface area contributed by atoms with Crippen LogP contribution >= 0.6 is 0 Å². The number of hydrogen-bond acceptors (Lipinski definition) is 2. The van der Waals surface area contributed by atoms with Crippen molar-refractivity contribution in [2.45, 2.75) is 45.9 Å². The highest BCUT2D eigenvalue weighted by molar-refractivity contribution is 4.69. The molecule has 2 unspecified atom stereocenters. The molecule has 0 aromatic carbocycles. The van der Waals surface area contributed by atoms with E-state index in [1.807, 2.05) is 0 Å². The SMILES string of the molecule is COC(C)C(C)NC(C)C. The highest BCUT2D eigenvalue weighted by Gasteiger charge is 2.10. The fourth-order valence-corrected chi connectivity index (χ4v) is 0.865. The minimum Gasteiger partial charge on any atom is -0.380 e. The first-order chi connectivity index (χ1) is 4.57. The van der Waals surface area contributed by atoms with Crippen LogP contribution in [0.3, 0.4) is 0 Å². The molecule has 62 valence electrons. The van der Waals surface area contributed by atoms with Crippen LogP contribution in [-0.2, 0) is 4.74 Å². The smallest absolute Gasteiger partial charge is 0.0693 e. The zero-order valence-corrected chi connectivity index (χ0v) is 7.64. The average Bonchev–Trinajstić information content (AvgIpc) is 1.85. The molecule has 2 atom stereocenters. The van der Waals surface area contributed by atoms with E-state index in [-0.39, 0.29) is 0 Å². The van der Waals surface area contributed by atoms with Gasteiger partial charge in [-0.25, -0.2) is 0 Å². The standard InChI is InChI=1S/C8H19NO/c1-6(2)9-7(3)8(4)10-5/h6-9H,1-5H3. The minimum atomic E-state index is 0.294. The van der Waals surface area contributed by atoms with Gasteiger partial charge >= 0.3 is 0 Å². The van der Waals surface area contributed by atoms with Crippen LogP contribution in [0, 0.1) is 0 Å². The van der Waals surface area contributed by atoms with Crippen LogP contribution < -0.4 is 5.32 Å². The van der Waals surface area contributed by atoms with Crippen molar-refractivity contribution in [1.29, 1.82) is 0 Å². The molecule has 0 aliphatic heterocycles. The highest BCUT2D eigenvalue weighted by Crippen LogP contribution is 1.96. The van der Waals surface area contributed by atoms with Crippen molar-refractivity contribution in [3.8, 4) is 0 Å². The predicted molar refractivity (Wildman–Crippen MR) is 44.2 cm³/mol. The van der Waals surface area contributed by atoms with Crippen molar-refractivity contribution in [1.82, 2.24) is 5.32 Å². The van der Waals surface area contributed by atoms with Gasteiger partial charge in [-0.15, -0.1) is 0 Å². The van der Waals surface area contributed by atoms with E-state index >= 15 is 0 Å². The molecule has 1 N–H and O–H groups in total. The second kappa shape index (κ2) is 4.69. The van der Waals surface area contributed by atoms with Gasteiger partial charge in [-0.1, -0.05) is 13.8 Å². The Morgan fingerprint density at radius 3 is 1.90 bits per heavy atom. The van der Waals surface area contributed by atoms with Crippen LogP contribution in [0.15, 0.2) is 0 Å². The van der Waals surface area contributed by atoms with Gasteiger partial charge in [0, 0.05) is 19.2 Å². The monoisotopic (exact) mass is 145 g/mol. The summed E-state index contributed by atoms with van der Waals surface area (Å²) in [6.45, 7) is 8.48. The first-order valence-electron chi connectivity index (χ1n) is 3.86. The Labute approximate surface area is 64.0 Å². The molecule has 0 heterocycles. The van der Waals surface area contributed by atoms with Crippen molar-refractivity contribution >= 4 is 0 Å². The van der Waals surface area contributed by atoms with Crippen molar-refractivity contribution in [2.75, 3.05) is 7.11 Å². The van der Waals surface area contributed by atoms with Gasteiger partial charge in [-0.05, 0) is 13.8 Å². The van der Waals surface area contributed by atoms with E-state index in [9.17, 15) is 0 Å². The molecule has 0 rings (SSSR count). The maximum absolute atomic E-state index is 5.15. The number of nitrogens with one attached hydrogen (secondary N) is 1. The number of hydrogen-bond donors (Lipinski definition) is 1. The molecule has 0 bridgehead atoms. The van der Waals surface area contributed by atoms with Crippen molar-refractivity contribution in [2.24, 2.45) is 0 Å². The fourth-order valence-electron chi connectivity index (χ4n) is 0.865. The molecular weight excluding hydrogens is 126 g/mol. The van der Waals surface area contributed by atoms with Gasteiger partial charge in [-0.2, -0.15) is 0 Å². The summed E-state index contributed by atoms with van der Waals surface area (Å²) in [5, 5.41) is 3.37. The lowest BCUT2D eigenvalue weighted by Gasteiger charge is -2.21. The molecule has 0 saturated heterocycles. The summed E-state index contributed by atoms with van der Waals surface area (Å²) in [6, 6.07) is 0.970. The molecular formula is C8H19NO. The fraction of sp³-hybridized carbons (Fsp3) is 1.00. The van der Waals surface area contributed by atoms with E-state index in [1.54, 1.807) is 7.11 Å². The van der Waals surface area contributed by atoms with Crippen LogP contribution in [-0.4, -0.2) is 25.3 Å². The van der Waals surface area contributed by atoms with E-state index in [0.717, 1.165) is 0 Å². The third-order valence-electron chi connectivity index (χ3n) is 1.67. The van der Waals surface area contributed by atoms with Crippen LogP contribution in [0.1, 0.15) is 27.7 Å². The summed E-state index contributed by atoms with van der Waals surface area (Å²) >= 11 is 0. The molecule has 0 aliphatic rings. The third-order valence-corrected chi connectivity index (χ3v) is 1.67. The molecule has 0 spiro atoms. The lowest BCUT2D eigenvalue weighted by atomic mass is 10.2. The van der Waals surface area contributed by atoms with Crippen LogP contribution in [0.2, 0.25) is 0 Å². The molecule has 0 fully saturated rings. The number of methoxy groups -OCH3 is 1. The lowest BCUT2D eigenvalue weighted by Crippen LogP contribution is -2.40. The predicted octanol–water partition coefficient (Wildman–Crippen LogP) is 1.41. The minimum absolute atomic E-state index is 0.294. The second-order valence-corrected chi connectivity index (χ2v) is 3.05. The summed E-state index contributed by atoms with van der Waals surface area (Å²) in [5.41, 5.74) is 0. The van der Waals surface area contributed by atoms with Crippen molar-refractivity contribution in [3.63, 3.8) is 0 Å². The van der Waals surface area contributed by atoms with E-state index in [0.29, 0.717) is 18.2 Å². The molecule has 0 saturated carbocycles. The Kier molecular flexibility index (Phi) is 4.65. The Bertz CT molecular complexity index is 83.3. The molecule has 2 heteroatoms. The first-order valence-corrected chi connectivity index (χ1v) is 3.86. The summed E-state index contributed by atoms with van der Waals surface area (Å²) < 4.78 is 5.15. The Morgan fingerprint density at radius 2 is 1.60 bits per heavy atom. The third kappa shape index (κ3) is 3.85. The van der Waals surface area contributed by atoms with E-state index in [4.69, 9.17) is 4.74 Å². The highest BCUT2D eigenvalue weighted by atomic mass is 16.5. The van der Waals surface area contributed by atoms with Gasteiger partial charge in [-0.3, -0.25) is 0 Å². The maximum atomic E-state index is 5.15. The number of ether oxygens (including phenoxy) is 1. The lowest BCUT2D eigenvalue weighted by molar-refractivity contribution is 0.0860. The van der Waals surface area contributed by atoms with Crippen LogP contribution in [0.25, 0.3) is 0 Å². The summed E-state index contributed by atoms with van der Waals surface area (Å²) in [6.07, 6.45) is 0.294. The summed E-state index contributed by atoms with van der Waals surface area (Å²) in [7, 11) is 1.74. The Balaban J connectivity index is 3.50. The quantitative estimate of drug-likeness (QED) is 0.645. The summed E-state index contributed by atoms with van der Waals surface area (Å²) in [4.78, 5) is 0. The number of rotatable bonds is 4. The van der Waals surface area contributed by atoms with Gasteiger partial charge in [0.1, 0.15) is 0 Å². The molecule has 2 nitrogen and oxygen atoms in total. The molecule has 0 aromatic heterocycles. The first kappa shape index (κ1) is 9.92. The van der Waals surface area contributed by atoms with Gasteiger partial charge in [0.15, 0.2) is 0 Å². The molecule has 0 amide bonds. The van der Waals surface area contributed by atoms with Crippen LogP contribution in [0.5, 0.6) is 0 Å². The zero-order valence-electron chi connectivity index (χ0n) is 7.64. The maximum Gasteiger partial charge on any atom is 0.0693 e. The van der Waals surface area contributed by atoms with Gasteiger partial charge < -0.3 is 10.1 Å². The molecule has 10 heavy (non-hydrogen) atoms. The normalized spacial score (nSPS) is 17.4. The molecule has 0 aliphatic carbocycles. The Morgan fingerprint density at radius 1 is 1.10 bits per heavy atom. The largest absolute Gasteiger partial charge is 0.380 e.